The first-order valence-electron chi connectivity index (χ1n) is 9.07. The van der Waals surface area contributed by atoms with Crippen LogP contribution in [-0.4, -0.2) is 64.5 Å². The Morgan fingerprint density at radius 1 is 1.00 bits per heavy atom. The molecule has 2 heterocycles. The molecule has 7 heteroatoms. The predicted octanol–water partition coefficient (Wildman–Crippen LogP) is 1.43. The highest BCUT2D eigenvalue weighted by molar-refractivity contribution is 5.82. The smallest absolute Gasteiger partial charge is 0.320 e. The molecule has 3 aliphatic rings. The third-order valence-electron chi connectivity index (χ3n) is 5.63. The molecule has 134 valence electrons. The fraction of sp³-hybridized carbons (Fsp3) is 0.824. The largest absolute Gasteiger partial charge is 0.481 e. The van der Waals surface area contributed by atoms with E-state index in [9.17, 15) is 14.4 Å². The Kier molecular flexibility index (Phi) is 4.96. The molecule has 2 saturated heterocycles. The van der Waals surface area contributed by atoms with Crippen molar-refractivity contribution in [3.63, 3.8) is 0 Å². The summed E-state index contributed by atoms with van der Waals surface area (Å²) in [7, 11) is 0. The zero-order valence-corrected chi connectivity index (χ0v) is 14.1. The molecule has 3 amide bonds. The van der Waals surface area contributed by atoms with Gasteiger partial charge in [0.25, 0.3) is 0 Å². The lowest BCUT2D eigenvalue weighted by atomic mass is 9.74. The second-order valence-corrected chi connectivity index (χ2v) is 7.46. The predicted molar refractivity (Wildman–Crippen MR) is 87.5 cm³/mol. The van der Waals surface area contributed by atoms with E-state index >= 15 is 0 Å². The first-order valence-corrected chi connectivity index (χ1v) is 9.07. The van der Waals surface area contributed by atoms with Gasteiger partial charge in [0.1, 0.15) is 0 Å². The number of hydrogen-bond donors (Lipinski definition) is 2. The second-order valence-electron chi connectivity index (χ2n) is 7.46. The molecule has 1 atom stereocenters. The summed E-state index contributed by atoms with van der Waals surface area (Å²) < 4.78 is 0. The fourth-order valence-electron chi connectivity index (χ4n) is 4.08. The summed E-state index contributed by atoms with van der Waals surface area (Å²) in [6.45, 7) is 2.78. The molecule has 2 N–H and O–H groups in total. The average Bonchev–Trinajstić information content (AvgIpc) is 3.06. The Labute approximate surface area is 142 Å². The molecule has 7 nitrogen and oxygen atoms in total. The molecule has 3 rings (SSSR count). The van der Waals surface area contributed by atoms with Crippen molar-refractivity contribution in [1.82, 2.24) is 15.1 Å². The number of carboxylic acid groups (broad SMARTS) is 1. The molecule has 0 aromatic rings. The number of carboxylic acids is 1. The van der Waals surface area contributed by atoms with E-state index in [1.807, 2.05) is 4.90 Å². The van der Waals surface area contributed by atoms with Crippen LogP contribution in [0.5, 0.6) is 0 Å². The summed E-state index contributed by atoms with van der Waals surface area (Å²) in [4.78, 5) is 39.8. The Hall–Kier alpha value is -1.79. The monoisotopic (exact) mass is 337 g/mol. The van der Waals surface area contributed by atoms with E-state index in [1.165, 1.54) is 0 Å². The number of aliphatic carboxylic acids is 1. The molecule has 0 spiro atoms. The number of hydrogen-bond acceptors (Lipinski definition) is 3. The van der Waals surface area contributed by atoms with Gasteiger partial charge in [-0.25, -0.2) is 4.79 Å². The highest BCUT2D eigenvalue weighted by Crippen LogP contribution is 2.35. The lowest BCUT2D eigenvalue weighted by Gasteiger charge is -2.43. The van der Waals surface area contributed by atoms with E-state index in [1.54, 1.807) is 4.90 Å². The highest BCUT2D eigenvalue weighted by atomic mass is 16.4. The maximum absolute atomic E-state index is 12.6. The molecule has 24 heavy (non-hydrogen) atoms. The van der Waals surface area contributed by atoms with Gasteiger partial charge in [-0.2, -0.15) is 0 Å². The second kappa shape index (κ2) is 6.99. The van der Waals surface area contributed by atoms with Crippen LogP contribution >= 0.6 is 0 Å². The van der Waals surface area contributed by atoms with Gasteiger partial charge in [0.05, 0.1) is 17.9 Å². The molecular formula is C17H27N3O4. The molecule has 0 radical (unpaired) electrons. The normalized spacial score (nSPS) is 25.9. The minimum Gasteiger partial charge on any atom is -0.481 e. The van der Waals surface area contributed by atoms with Gasteiger partial charge in [-0.3, -0.25) is 9.59 Å². The first kappa shape index (κ1) is 17.0. The van der Waals surface area contributed by atoms with Crippen molar-refractivity contribution in [1.29, 1.82) is 0 Å². The maximum Gasteiger partial charge on any atom is 0.320 e. The summed E-state index contributed by atoms with van der Waals surface area (Å²) in [5, 5.41) is 12.1. The topological polar surface area (TPSA) is 90.0 Å². The summed E-state index contributed by atoms with van der Waals surface area (Å²) in [5.41, 5.74) is -0.565. The number of amides is 3. The zero-order valence-electron chi connectivity index (χ0n) is 14.1. The number of carbonyl (C=O) groups is 3. The van der Waals surface area contributed by atoms with E-state index in [0.717, 1.165) is 58.0 Å². The molecule has 0 aromatic carbocycles. The highest BCUT2D eigenvalue weighted by Gasteiger charge is 2.42. The van der Waals surface area contributed by atoms with Gasteiger partial charge in [-0.1, -0.05) is 0 Å². The first-order chi connectivity index (χ1) is 11.5. The molecule has 1 unspecified atom stereocenters. The van der Waals surface area contributed by atoms with Crippen LogP contribution < -0.4 is 5.32 Å². The fourth-order valence-corrected chi connectivity index (χ4v) is 4.08. The average molecular weight is 337 g/mol. The van der Waals surface area contributed by atoms with Crippen LogP contribution in [0.25, 0.3) is 0 Å². The Bertz CT molecular complexity index is 512. The van der Waals surface area contributed by atoms with Gasteiger partial charge in [0, 0.05) is 26.2 Å². The molecule has 0 bridgehead atoms. The summed E-state index contributed by atoms with van der Waals surface area (Å²) in [6.07, 6.45) is 6.10. The number of piperidine rings is 1. The van der Waals surface area contributed by atoms with Crippen LogP contribution in [0.1, 0.15) is 51.4 Å². The Balaban J connectivity index is 1.56. The van der Waals surface area contributed by atoms with Gasteiger partial charge < -0.3 is 20.2 Å². The van der Waals surface area contributed by atoms with E-state index in [0.29, 0.717) is 13.1 Å². The number of nitrogens with zero attached hydrogens (tertiary/aromatic N) is 2. The van der Waals surface area contributed by atoms with Gasteiger partial charge in [-0.05, 0) is 44.9 Å². The van der Waals surface area contributed by atoms with Crippen LogP contribution in [0.2, 0.25) is 0 Å². The quantitative estimate of drug-likeness (QED) is 0.812. The molecule has 2 aliphatic heterocycles. The molecule has 1 saturated carbocycles. The van der Waals surface area contributed by atoms with Crippen LogP contribution in [0.15, 0.2) is 0 Å². The molecule has 0 aromatic heterocycles. The van der Waals surface area contributed by atoms with Gasteiger partial charge in [0.2, 0.25) is 5.91 Å². The molecule has 1 aliphatic carbocycles. The summed E-state index contributed by atoms with van der Waals surface area (Å²) in [5.74, 6) is -1.18. The number of nitrogens with one attached hydrogen (secondary N) is 1. The van der Waals surface area contributed by atoms with Gasteiger partial charge in [-0.15, -0.1) is 0 Å². The van der Waals surface area contributed by atoms with Crippen molar-refractivity contribution in [2.24, 2.45) is 5.92 Å². The Morgan fingerprint density at radius 3 is 2.25 bits per heavy atom. The molecular weight excluding hydrogens is 310 g/mol. The number of likely N-dealkylation sites (tertiary alicyclic amines) is 2. The van der Waals surface area contributed by atoms with Gasteiger partial charge >= 0.3 is 12.0 Å². The Morgan fingerprint density at radius 2 is 1.67 bits per heavy atom. The number of carbonyl (C=O) groups excluding carboxylic acids is 2. The van der Waals surface area contributed by atoms with Crippen molar-refractivity contribution in [3.05, 3.63) is 0 Å². The number of urea groups is 1. The third-order valence-corrected chi connectivity index (χ3v) is 5.63. The van der Waals surface area contributed by atoms with Crippen molar-refractivity contribution >= 4 is 17.9 Å². The lowest BCUT2D eigenvalue weighted by molar-refractivity contribution is -0.141. The minimum atomic E-state index is -0.871. The lowest BCUT2D eigenvalue weighted by Crippen LogP contribution is -2.58. The van der Waals surface area contributed by atoms with Crippen LogP contribution in [0.3, 0.4) is 0 Å². The standard InChI is InChI=1S/C17H27N3O4/c21-14(22)11-17(6-4-7-17)18-15(23)13-5-3-10-20(12-13)16(24)19-8-1-2-9-19/h13H,1-12H2,(H,18,23)(H,21,22). The van der Waals surface area contributed by atoms with Crippen molar-refractivity contribution in [3.8, 4) is 0 Å². The SMILES string of the molecule is O=C(O)CC1(NC(=O)C2CCCN(C(=O)N3CCCC3)C2)CCC1. The minimum absolute atomic E-state index is 0.0120. The van der Waals surface area contributed by atoms with E-state index in [-0.39, 0.29) is 24.3 Å². The van der Waals surface area contributed by atoms with Crippen LogP contribution in [0.4, 0.5) is 4.79 Å². The van der Waals surface area contributed by atoms with Crippen LogP contribution in [-0.2, 0) is 9.59 Å². The zero-order chi connectivity index (χ0) is 17.2. The van der Waals surface area contributed by atoms with Crippen molar-refractivity contribution in [2.75, 3.05) is 26.2 Å². The van der Waals surface area contributed by atoms with E-state index < -0.39 is 11.5 Å². The van der Waals surface area contributed by atoms with Crippen molar-refractivity contribution in [2.45, 2.75) is 56.9 Å². The number of rotatable bonds is 4. The summed E-state index contributed by atoms with van der Waals surface area (Å²) >= 11 is 0. The van der Waals surface area contributed by atoms with Crippen LogP contribution in [0, 0.1) is 5.92 Å². The van der Waals surface area contributed by atoms with Crippen molar-refractivity contribution < 1.29 is 19.5 Å². The van der Waals surface area contributed by atoms with E-state index in [4.69, 9.17) is 5.11 Å². The van der Waals surface area contributed by atoms with E-state index in [2.05, 4.69) is 5.32 Å². The maximum atomic E-state index is 12.6. The third kappa shape index (κ3) is 3.65. The summed E-state index contributed by atoms with van der Waals surface area (Å²) in [6, 6.07) is 0.0499. The van der Waals surface area contributed by atoms with Gasteiger partial charge in [0.15, 0.2) is 0 Å². The molecule has 3 fully saturated rings.